The third-order valence-electron chi connectivity index (χ3n) is 13.3. The Hall–Kier alpha value is -8.00. The van der Waals surface area contributed by atoms with Gasteiger partial charge in [0, 0.05) is 28.9 Å². The molecule has 3 aliphatic rings. The predicted molar refractivity (Wildman–Crippen MR) is 263 cm³/mol. The van der Waals surface area contributed by atoms with Gasteiger partial charge >= 0.3 is 0 Å². The number of hydrogen-bond donors (Lipinski definition) is 0. The maximum atomic E-state index is 2.41. The summed E-state index contributed by atoms with van der Waals surface area (Å²) in [6.07, 6.45) is 0. The number of anilines is 3. The molecule has 0 saturated carbocycles. The molecule has 0 atom stereocenters. The van der Waals surface area contributed by atoms with Crippen LogP contribution < -0.4 is 4.90 Å². The third kappa shape index (κ3) is 6.32. The zero-order chi connectivity index (χ0) is 41.7. The summed E-state index contributed by atoms with van der Waals surface area (Å²) in [6, 6.07) is 91.4. The van der Waals surface area contributed by atoms with Crippen LogP contribution in [0.15, 0.2) is 249 Å². The average molecular weight is 802 g/mol. The first-order valence-electron chi connectivity index (χ1n) is 22.0. The van der Waals surface area contributed by atoms with E-state index < -0.39 is 0 Å². The fraction of sp³-hybridized carbons (Fsp3) is 0.0323. The molecule has 296 valence electrons. The molecule has 0 aliphatic heterocycles. The van der Waals surface area contributed by atoms with E-state index >= 15 is 0 Å². The van der Waals surface area contributed by atoms with Crippen molar-refractivity contribution in [1.29, 1.82) is 0 Å². The second kappa shape index (κ2) is 15.5. The van der Waals surface area contributed by atoms with Gasteiger partial charge in [0.15, 0.2) is 0 Å². The summed E-state index contributed by atoms with van der Waals surface area (Å²) in [4.78, 5) is 2.38. The molecular weight excluding hydrogens is 759 g/mol. The van der Waals surface area contributed by atoms with Crippen molar-refractivity contribution < 1.29 is 0 Å². The van der Waals surface area contributed by atoms with E-state index in [2.05, 4.69) is 254 Å². The Morgan fingerprint density at radius 3 is 0.952 bits per heavy atom. The normalized spacial score (nSPS) is 14.3. The Bertz CT molecular complexity index is 3110. The first kappa shape index (κ1) is 36.8. The summed E-state index contributed by atoms with van der Waals surface area (Å²) in [7, 11) is 0. The molecule has 0 fully saturated rings. The van der Waals surface area contributed by atoms with Crippen LogP contribution in [-0.4, -0.2) is 0 Å². The quantitative estimate of drug-likeness (QED) is 0.148. The summed E-state index contributed by atoms with van der Waals surface area (Å²) in [5.74, 6) is 0.252. The maximum Gasteiger partial charge on any atom is 0.0462 e. The fourth-order valence-corrected chi connectivity index (χ4v) is 10.5. The van der Waals surface area contributed by atoms with Gasteiger partial charge in [0.25, 0.3) is 0 Å². The zero-order valence-electron chi connectivity index (χ0n) is 34.8. The molecule has 10 aromatic rings. The van der Waals surface area contributed by atoms with Crippen LogP contribution in [0, 0.1) is 0 Å². The summed E-state index contributed by atoms with van der Waals surface area (Å²) >= 11 is 0. The average Bonchev–Trinajstić information content (AvgIpc) is 3.37. The molecule has 0 saturated heterocycles. The standard InChI is InChI=1S/C62H43N/c1-4-16-42(17-5-1)44-28-34-48(35-29-44)63(49-36-30-45(31-37-49)43-18-6-2-7-19-43)50-38-32-47(33-39-50)52-40-41-58(53-23-11-10-22-51(53)46-20-8-3-9-21-46)62-60-56-26-14-12-24-54(56)59(61(52)62)55-25-13-15-27-57(55)60/h1-41,59-60H. The molecule has 3 aliphatic carbocycles. The molecule has 0 spiro atoms. The van der Waals surface area contributed by atoms with Gasteiger partial charge in [-0.2, -0.15) is 0 Å². The molecule has 0 N–H and O–H groups in total. The molecule has 2 bridgehead atoms. The van der Waals surface area contributed by atoms with Gasteiger partial charge < -0.3 is 4.90 Å². The minimum absolute atomic E-state index is 0.124. The van der Waals surface area contributed by atoms with Crippen molar-refractivity contribution in [2.45, 2.75) is 11.8 Å². The van der Waals surface area contributed by atoms with Crippen molar-refractivity contribution in [1.82, 2.24) is 0 Å². The van der Waals surface area contributed by atoms with Crippen molar-refractivity contribution in [3.63, 3.8) is 0 Å². The van der Waals surface area contributed by atoms with Crippen LogP contribution in [0.3, 0.4) is 0 Å². The van der Waals surface area contributed by atoms with Crippen LogP contribution in [0.25, 0.3) is 55.6 Å². The lowest BCUT2D eigenvalue weighted by Crippen LogP contribution is -2.28. The Morgan fingerprint density at radius 1 is 0.206 bits per heavy atom. The lowest BCUT2D eigenvalue weighted by Gasteiger charge is -2.44. The van der Waals surface area contributed by atoms with Gasteiger partial charge in [-0.1, -0.05) is 212 Å². The van der Waals surface area contributed by atoms with Gasteiger partial charge in [-0.25, -0.2) is 0 Å². The van der Waals surface area contributed by atoms with Crippen molar-refractivity contribution >= 4 is 17.1 Å². The Kier molecular flexibility index (Phi) is 9.04. The van der Waals surface area contributed by atoms with Gasteiger partial charge in [0.1, 0.15) is 0 Å². The van der Waals surface area contributed by atoms with E-state index in [1.165, 1.54) is 89.0 Å². The molecule has 0 amide bonds. The number of hydrogen-bond acceptors (Lipinski definition) is 1. The van der Waals surface area contributed by atoms with Gasteiger partial charge in [-0.15, -0.1) is 0 Å². The van der Waals surface area contributed by atoms with Gasteiger partial charge in [-0.3, -0.25) is 0 Å². The molecular formula is C62H43N. The highest BCUT2D eigenvalue weighted by Gasteiger charge is 2.44. The topological polar surface area (TPSA) is 3.24 Å². The minimum Gasteiger partial charge on any atom is -0.311 e. The van der Waals surface area contributed by atoms with E-state index in [1.54, 1.807) is 0 Å². The number of rotatable bonds is 8. The van der Waals surface area contributed by atoms with Crippen molar-refractivity contribution in [2.24, 2.45) is 0 Å². The van der Waals surface area contributed by atoms with Crippen LogP contribution in [0.1, 0.15) is 45.2 Å². The summed E-state index contributed by atoms with van der Waals surface area (Å²) < 4.78 is 0. The van der Waals surface area contributed by atoms with Gasteiger partial charge in [-0.05, 0) is 125 Å². The van der Waals surface area contributed by atoms with Crippen LogP contribution in [-0.2, 0) is 0 Å². The number of benzene rings is 10. The van der Waals surface area contributed by atoms with E-state index in [4.69, 9.17) is 0 Å². The second-order valence-corrected chi connectivity index (χ2v) is 16.7. The lowest BCUT2D eigenvalue weighted by molar-refractivity contribution is 0.758. The highest BCUT2D eigenvalue weighted by atomic mass is 15.1. The van der Waals surface area contributed by atoms with E-state index in [-0.39, 0.29) is 11.8 Å². The molecule has 0 aromatic heterocycles. The second-order valence-electron chi connectivity index (χ2n) is 16.7. The Labute approximate surface area is 369 Å². The monoisotopic (exact) mass is 801 g/mol. The first-order valence-corrected chi connectivity index (χ1v) is 22.0. The highest BCUT2D eigenvalue weighted by molar-refractivity contribution is 5.92. The molecule has 0 unspecified atom stereocenters. The predicted octanol–water partition coefficient (Wildman–Crippen LogP) is 16.5. The van der Waals surface area contributed by atoms with E-state index in [1.807, 2.05) is 0 Å². The van der Waals surface area contributed by atoms with Crippen LogP contribution in [0.4, 0.5) is 17.1 Å². The first-order chi connectivity index (χ1) is 31.3. The lowest BCUT2D eigenvalue weighted by atomic mass is 9.58. The molecule has 0 heterocycles. The Morgan fingerprint density at radius 2 is 0.508 bits per heavy atom. The van der Waals surface area contributed by atoms with Crippen molar-refractivity contribution in [3.05, 3.63) is 282 Å². The van der Waals surface area contributed by atoms with E-state index in [0.29, 0.717) is 0 Å². The van der Waals surface area contributed by atoms with Gasteiger partial charge in [0.05, 0.1) is 0 Å². The molecule has 0 radical (unpaired) electrons. The molecule has 63 heavy (non-hydrogen) atoms. The molecule has 1 heteroatoms. The van der Waals surface area contributed by atoms with E-state index in [9.17, 15) is 0 Å². The van der Waals surface area contributed by atoms with Crippen LogP contribution in [0.5, 0.6) is 0 Å². The van der Waals surface area contributed by atoms with Crippen molar-refractivity contribution in [3.8, 4) is 55.6 Å². The summed E-state index contributed by atoms with van der Waals surface area (Å²) in [6.45, 7) is 0. The zero-order valence-corrected chi connectivity index (χ0v) is 34.8. The molecule has 13 rings (SSSR count). The molecule has 1 nitrogen and oxygen atoms in total. The van der Waals surface area contributed by atoms with Crippen LogP contribution in [0.2, 0.25) is 0 Å². The third-order valence-corrected chi connectivity index (χ3v) is 13.3. The fourth-order valence-electron chi connectivity index (χ4n) is 10.5. The summed E-state index contributed by atoms with van der Waals surface area (Å²) in [5, 5.41) is 0. The minimum atomic E-state index is 0.124. The molecule has 10 aromatic carbocycles. The van der Waals surface area contributed by atoms with Crippen LogP contribution >= 0.6 is 0 Å². The highest BCUT2D eigenvalue weighted by Crippen LogP contribution is 2.60. The summed E-state index contributed by atoms with van der Waals surface area (Å²) in [5.41, 5.74) is 24.3. The maximum absolute atomic E-state index is 2.41. The smallest absolute Gasteiger partial charge is 0.0462 e. The largest absolute Gasteiger partial charge is 0.311 e. The Balaban J connectivity index is 1.01. The SMILES string of the molecule is c1ccc(-c2ccc(N(c3ccc(-c4ccccc4)cc3)c3ccc(-c4ccc(-c5ccccc5-c5ccccc5)c5c4C4c6ccccc6C5c5ccccc54)cc3)cc2)cc1. The van der Waals surface area contributed by atoms with E-state index in [0.717, 1.165) is 17.1 Å². The number of nitrogens with zero attached hydrogens (tertiary/aromatic N) is 1. The van der Waals surface area contributed by atoms with Gasteiger partial charge in [0.2, 0.25) is 0 Å². The van der Waals surface area contributed by atoms with Crippen molar-refractivity contribution in [2.75, 3.05) is 4.90 Å².